The van der Waals surface area contributed by atoms with Crippen LogP contribution in [0.25, 0.3) is 0 Å². The van der Waals surface area contributed by atoms with E-state index >= 15 is 0 Å². The van der Waals surface area contributed by atoms with Crippen molar-refractivity contribution in [3.8, 4) is 17.6 Å². The summed E-state index contributed by atoms with van der Waals surface area (Å²) < 4.78 is 35.9. The molecular weight excluding hydrogens is 568 g/mol. The van der Waals surface area contributed by atoms with E-state index in [1.54, 1.807) is 12.1 Å². The lowest BCUT2D eigenvalue weighted by Gasteiger charge is -2.19. The molecule has 11 nitrogen and oxygen atoms in total. The van der Waals surface area contributed by atoms with E-state index in [1.807, 2.05) is 0 Å². The SMILES string of the molecule is N#C[C@@H]1SNC(=O)C=C1NCCCNc1cc(Oc2ccc(NC(=O)NC(O)Cc3ccc(F)cc3)cc2F)ccn1. The molecule has 6 N–H and O–H groups in total. The Kier molecular flexibility index (Phi) is 10.5. The molecule has 4 rings (SSSR count). The molecule has 0 fully saturated rings. The van der Waals surface area contributed by atoms with Crippen LogP contribution in [-0.2, 0) is 11.2 Å². The number of halogens is 2. The van der Waals surface area contributed by atoms with Crippen LogP contribution in [0.15, 0.2) is 72.6 Å². The van der Waals surface area contributed by atoms with Crippen molar-refractivity contribution < 1.29 is 28.2 Å². The number of benzene rings is 2. The van der Waals surface area contributed by atoms with Gasteiger partial charge in [0.1, 0.15) is 23.6 Å². The van der Waals surface area contributed by atoms with Crippen molar-refractivity contribution in [2.45, 2.75) is 24.3 Å². The van der Waals surface area contributed by atoms with E-state index in [2.05, 4.69) is 37.0 Å². The monoisotopic (exact) mass is 595 g/mol. The van der Waals surface area contributed by atoms with Gasteiger partial charge in [-0.05, 0) is 54.3 Å². The molecule has 3 amide bonds. The van der Waals surface area contributed by atoms with Gasteiger partial charge in [-0.3, -0.25) is 9.52 Å². The molecule has 0 radical (unpaired) electrons. The van der Waals surface area contributed by atoms with Crippen molar-refractivity contribution in [2.24, 2.45) is 0 Å². The normalized spacial score (nSPS) is 15.0. The van der Waals surface area contributed by atoms with Gasteiger partial charge in [-0.1, -0.05) is 12.1 Å². The first-order chi connectivity index (χ1) is 20.3. The van der Waals surface area contributed by atoms with Gasteiger partial charge in [0.05, 0.1) is 6.07 Å². The summed E-state index contributed by atoms with van der Waals surface area (Å²) in [5, 5.41) is 29.8. The molecule has 0 saturated heterocycles. The third-order valence-corrected chi connectivity index (χ3v) is 6.66. The highest BCUT2D eigenvalue weighted by Gasteiger charge is 2.21. The molecular formula is C28H27F2N7O4S. The molecule has 0 bridgehead atoms. The Morgan fingerprint density at radius 1 is 1.14 bits per heavy atom. The molecule has 2 heterocycles. The fourth-order valence-electron chi connectivity index (χ4n) is 3.78. The first-order valence-corrected chi connectivity index (χ1v) is 13.6. The standard InChI is InChI=1S/C28H27F2N7O4S/c29-18-4-2-17(3-5-18)12-26(38)36-28(40)35-19-6-7-23(21(30)13-19)41-20-8-11-34-25(14-20)33-10-1-9-32-22-15-27(39)37-42-24(22)16-31/h2-8,11,13-15,24,26,32,38H,1,9-10,12H2,(H,33,34)(H,37,39)(H2,35,36,40)/t24-,26?/m0/s1. The van der Waals surface area contributed by atoms with Crippen LogP contribution in [-0.4, -0.2) is 46.6 Å². The highest BCUT2D eigenvalue weighted by molar-refractivity contribution is 7.99. The maximum Gasteiger partial charge on any atom is 0.321 e. The number of carbonyl (C=O) groups is 2. The Morgan fingerprint density at radius 2 is 1.93 bits per heavy atom. The summed E-state index contributed by atoms with van der Waals surface area (Å²) >= 11 is 1.05. The molecule has 218 valence electrons. The van der Waals surface area contributed by atoms with Crippen LogP contribution in [0.5, 0.6) is 11.5 Å². The van der Waals surface area contributed by atoms with E-state index in [4.69, 9.17) is 4.74 Å². The maximum atomic E-state index is 14.7. The summed E-state index contributed by atoms with van der Waals surface area (Å²) in [5.41, 5.74) is 1.32. The second-order valence-electron chi connectivity index (χ2n) is 8.97. The fraction of sp³-hybridized carbons (Fsp3) is 0.214. The summed E-state index contributed by atoms with van der Waals surface area (Å²) in [7, 11) is 0. The minimum absolute atomic E-state index is 0.0643. The zero-order valence-corrected chi connectivity index (χ0v) is 22.9. The summed E-state index contributed by atoms with van der Waals surface area (Å²) in [6, 6.07) is 13.9. The van der Waals surface area contributed by atoms with Gasteiger partial charge in [0.2, 0.25) is 0 Å². The van der Waals surface area contributed by atoms with Gasteiger partial charge in [-0.25, -0.2) is 18.6 Å². The van der Waals surface area contributed by atoms with Gasteiger partial charge in [0.15, 0.2) is 16.8 Å². The van der Waals surface area contributed by atoms with Gasteiger partial charge in [-0.15, -0.1) is 0 Å². The summed E-state index contributed by atoms with van der Waals surface area (Å²) in [6.45, 7) is 1.06. The number of anilines is 2. The number of aliphatic hydroxyl groups is 1. The van der Waals surface area contributed by atoms with Gasteiger partial charge >= 0.3 is 6.03 Å². The number of ether oxygens (including phenoxy) is 1. The Morgan fingerprint density at radius 3 is 2.69 bits per heavy atom. The lowest BCUT2D eigenvalue weighted by Crippen LogP contribution is -2.39. The number of aromatic nitrogens is 1. The van der Waals surface area contributed by atoms with Crippen LogP contribution >= 0.6 is 11.9 Å². The Labute approximate surface area is 244 Å². The number of urea groups is 1. The van der Waals surface area contributed by atoms with E-state index in [1.165, 1.54) is 48.7 Å². The van der Waals surface area contributed by atoms with Crippen molar-refractivity contribution in [3.63, 3.8) is 0 Å². The quantitative estimate of drug-likeness (QED) is 0.104. The molecule has 1 aliphatic heterocycles. The maximum absolute atomic E-state index is 14.7. The molecule has 1 aliphatic rings. The Balaban J connectivity index is 1.22. The van der Waals surface area contributed by atoms with Crippen molar-refractivity contribution in [1.82, 2.24) is 20.3 Å². The minimum Gasteiger partial charge on any atom is -0.454 e. The lowest BCUT2D eigenvalue weighted by molar-refractivity contribution is -0.114. The molecule has 3 aromatic rings. The van der Waals surface area contributed by atoms with Gasteiger partial charge < -0.3 is 31.1 Å². The zero-order chi connectivity index (χ0) is 29.9. The molecule has 2 atom stereocenters. The van der Waals surface area contributed by atoms with Crippen molar-refractivity contribution in [2.75, 3.05) is 23.7 Å². The molecule has 2 aromatic carbocycles. The minimum atomic E-state index is -1.24. The number of nitrogens with one attached hydrogen (secondary N) is 5. The fourth-order valence-corrected chi connectivity index (χ4v) is 4.40. The molecule has 1 unspecified atom stereocenters. The first kappa shape index (κ1) is 30.1. The summed E-state index contributed by atoms with van der Waals surface area (Å²) in [6.07, 6.45) is 2.37. The van der Waals surface area contributed by atoms with Crippen LogP contribution in [0.4, 0.5) is 25.1 Å². The average molecular weight is 596 g/mol. The molecule has 0 saturated carbocycles. The number of carbonyl (C=O) groups excluding carboxylic acids is 2. The number of aliphatic hydroxyl groups excluding tert-OH is 1. The second kappa shape index (κ2) is 14.7. The molecule has 14 heteroatoms. The summed E-state index contributed by atoms with van der Waals surface area (Å²) in [5.74, 6) is -0.638. The predicted molar refractivity (Wildman–Crippen MR) is 153 cm³/mol. The van der Waals surface area contributed by atoms with Gasteiger partial charge in [0, 0.05) is 55.3 Å². The Bertz CT molecular complexity index is 1480. The number of nitrogens with zero attached hydrogens (tertiary/aromatic N) is 2. The first-order valence-electron chi connectivity index (χ1n) is 12.8. The van der Waals surface area contributed by atoms with Crippen LogP contribution < -0.4 is 30.7 Å². The molecule has 42 heavy (non-hydrogen) atoms. The molecule has 0 aliphatic carbocycles. The number of rotatable bonds is 12. The third kappa shape index (κ3) is 9.08. The van der Waals surface area contributed by atoms with Gasteiger partial charge in [-0.2, -0.15) is 5.26 Å². The van der Waals surface area contributed by atoms with Crippen LogP contribution in [0.2, 0.25) is 0 Å². The predicted octanol–water partition coefficient (Wildman–Crippen LogP) is 3.78. The van der Waals surface area contributed by atoms with E-state index in [0.29, 0.717) is 42.3 Å². The third-order valence-electron chi connectivity index (χ3n) is 5.74. The molecule has 1 aromatic heterocycles. The van der Waals surface area contributed by atoms with E-state index < -0.39 is 29.1 Å². The topological polar surface area (TPSA) is 160 Å². The van der Waals surface area contributed by atoms with Gasteiger partial charge in [0.25, 0.3) is 5.91 Å². The average Bonchev–Trinajstić information content (AvgIpc) is 2.96. The number of nitriles is 1. The van der Waals surface area contributed by atoms with Crippen LogP contribution in [0.3, 0.4) is 0 Å². The highest BCUT2D eigenvalue weighted by Crippen LogP contribution is 2.27. The Hall–Kier alpha value is -4.87. The second-order valence-corrected chi connectivity index (χ2v) is 9.88. The van der Waals surface area contributed by atoms with Crippen LogP contribution in [0, 0.1) is 23.0 Å². The zero-order valence-electron chi connectivity index (χ0n) is 22.1. The summed E-state index contributed by atoms with van der Waals surface area (Å²) in [4.78, 5) is 27.9. The van der Waals surface area contributed by atoms with Crippen molar-refractivity contribution >= 4 is 35.4 Å². The van der Waals surface area contributed by atoms with E-state index in [-0.39, 0.29) is 23.8 Å². The van der Waals surface area contributed by atoms with E-state index in [0.717, 1.165) is 18.0 Å². The largest absolute Gasteiger partial charge is 0.454 e. The number of hydrogen-bond acceptors (Lipinski definition) is 9. The number of hydrogen-bond donors (Lipinski definition) is 6. The number of amides is 3. The smallest absolute Gasteiger partial charge is 0.321 e. The van der Waals surface area contributed by atoms with E-state index in [9.17, 15) is 28.7 Å². The highest BCUT2D eigenvalue weighted by atomic mass is 32.2. The van der Waals surface area contributed by atoms with Crippen molar-refractivity contribution in [1.29, 1.82) is 5.26 Å². The number of pyridine rings is 1. The lowest BCUT2D eigenvalue weighted by atomic mass is 10.1. The van der Waals surface area contributed by atoms with Crippen molar-refractivity contribution in [3.05, 3.63) is 89.8 Å². The molecule has 0 spiro atoms. The van der Waals surface area contributed by atoms with Crippen LogP contribution in [0.1, 0.15) is 12.0 Å².